The monoisotopic (exact) mass is 398 g/mol. The molecule has 0 heterocycles. The topological polar surface area (TPSA) is 75.3 Å². The van der Waals surface area contributed by atoms with Gasteiger partial charge in [-0.05, 0) is 66.6 Å². The third kappa shape index (κ3) is 4.82. The van der Waals surface area contributed by atoms with Crippen LogP contribution in [0.1, 0.15) is 21.5 Å². The van der Waals surface area contributed by atoms with Crippen molar-refractivity contribution in [2.75, 3.05) is 5.32 Å². The molecule has 0 atom stereocenters. The molecule has 0 aliphatic rings. The van der Waals surface area contributed by atoms with Crippen molar-refractivity contribution in [3.05, 3.63) is 95.3 Å². The molecule has 0 aliphatic carbocycles. The Morgan fingerprint density at radius 3 is 2.21 bits per heavy atom. The Bertz CT molecular complexity index is 1080. The summed E-state index contributed by atoms with van der Waals surface area (Å²) in [5, 5.41) is 2.63. The molecule has 0 saturated heterocycles. The van der Waals surface area contributed by atoms with E-state index in [2.05, 4.69) is 10.0 Å². The molecule has 0 saturated carbocycles. The average molecular weight is 398 g/mol. The van der Waals surface area contributed by atoms with E-state index in [0.717, 1.165) is 11.1 Å². The van der Waals surface area contributed by atoms with E-state index in [-0.39, 0.29) is 11.4 Å². The van der Waals surface area contributed by atoms with Crippen molar-refractivity contribution in [3.63, 3.8) is 0 Å². The molecular formula is C21H19FN2O3S. The smallest absolute Gasteiger partial charge is 0.255 e. The van der Waals surface area contributed by atoms with Gasteiger partial charge in [0.2, 0.25) is 10.0 Å². The van der Waals surface area contributed by atoms with Crippen molar-refractivity contribution in [2.45, 2.75) is 18.4 Å². The summed E-state index contributed by atoms with van der Waals surface area (Å²) in [6.45, 7) is 2.10. The highest BCUT2D eigenvalue weighted by molar-refractivity contribution is 7.89. The lowest BCUT2D eigenvalue weighted by Crippen LogP contribution is -2.23. The van der Waals surface area contributed by atoms with E-state index < -0.39 is 21.7 Å². The number of hydrogen-bond acceptors (Lipinski definition) is 3. The second kappa shape index (κ2) is 8.33. The average Bonchev–Trinajstić information content (AvgIpc) is 2.69. The lowest BCUT2D eigenvalue weighted by Gasteiger charge is -2.10. The minimum absolute atomic E-state index is 0.0689. The maximum Gasteiger partial charge on any atom is 0.255 e. The molecule has 2 N–H and O–H groups in total. The molecule has 0 spiro atoms. The number of aryl methyl sites for hydroxylation is 1. The number of halogens is 1. The number of anilines is 1. The van der Waals surface area contributed by atoms with Crippen LogP contribution in [-0.4, -0.2) is 14.3 Å². The highest BCUT2D eigenvalue weighted by atomic mass is 32.2. The van der Waals surface area contributed by atoms with E-state index >= 15 is 0 Å². The second-order valence-corrected chi connectivity index (χ2v) is 8.00. The summed E-state index contributed by atoms with van der Waals surface area (Å²) in [5.41, 5.74) is 2.63. The predicted molar refractivity (Wildman–Crippen MR) is 106 cm³/mol. The quantitative estimate of drug-likeness (QED) is 0.662. The molecule has 1 amide bonds. The number of carbonyl (C=O) groups excluding carboxylic acids is 1. The van der Waals surface area contributed by atoms with Crippen LogP contribution < -0.4 is 10.0 Å². The van der Waals surface area contributed by atoms with Gasteiger partial charge in [-0.25, -0.2) is 17.5 Å². The van der Waals surface area contributed by atoms with Gasteiger partial charge in [-0.3, -0.25) is 4.79 Å². The highest BCUT2D eigenvalue weighted by Gasteiger charge is 2.15. The van der Waals surface area contributed by atoms with E-state index in [4.69, 9.17) is 0 Å². The summed E-state index contributed by atoms with van der Waals surface area (Å²) in [4.78, 5) is 12.3. The zero-order chi connectivity index (χ0) is 20.1. The molecule has 7 heteroatoms. The van der Waals surface area contributed by atoms with Crippen LogP contribution in [0.5, 0.6) is 0 Å². The molecule has 0 radical (unpaired) electrons. The fraction of sp³-hybridized carbons (Fsp3) is 0.0952. The third-order valence-corrected chi connectivity index (χ3v) is 5.66. The van der Waals surface area contributed by atoms with E-state index in [1.165, 1.54) is 48.5 Å². The van der Waals surface area contributed by atoms with E-state index in [9.17, 15) is 17.6 Å². The fourth-order valence-electron chi connectivity index (χ4n) is 2.59. The second-order valence-electron chi connectivity index (χ2n) is 6.24. The molecule has 0 aliphatic heterocycles. The Hall–Kier alpha value is -3.03. The molecule has 3 aromatic carbocycles. The Morgan fingerprint density at radius 1 is 0.929 bits per heavy atom. The summed E-state index contributed by atoms with van der Waals surface area (Å²) >= 11 is 0. The summed E-state index contributed by atoms with van der Waals surface area (Å²) < 4.78 is 40.4. The Labute approximate surface area is 163 Å². The minimum Gasteiger partial charge on any atom is -0.322 e. The van der Waals surface area contributed by atoms with Crippen molar-refractivity contribution in [1.29, 1.82) is 0 Å². The lowest BCUT2D eigenvalue weighted by atomic mass is 10.1. The van der Waals surface area contributed by atoms with Crippen molar-refractivity contribution >= 4 is 21.6 Å². The first kappa shape index (κ1) is 19.7. The minimum atomic E-state index is -3.70. The number of amides is 1. The van der Waals surface area contributed by atoms with Crippen LogP contribution in [0.25, 0.3) is 0 Å². The van der Waals surface area contributed by atoms with Gasteiger partial charge in [0.05, 0.1) is 4.90 Å². The molecular weight excluding hydrogens is 379 g/mol. The summed E-state index contributed by atoms with van der Waals surface area (Å²) in [6.07, 6.45) is 0. The van der Waals surface area contributed by atoms with Crippen LogP contribution in [0.4, 0.5) is 10.1 Å². The van der Waals surface area contributed by atoms with Crippen molar-refractivity contribution in [2.24, 2.45) is 0 Å². The van der Waals surface area contributed by atoms with Gasteiger partial charge < -0.3 is 5.32 Å². The summed E-state index contributed by atoms with van der Waals surface area (Å²) in [6, 6.07) is 18.5. The van der Waals surface area contributed by atoms with Crippen LogP contribution in [0, 0.1) is 12.7 Å². The molecule has 0 aromatic heterocycles. The van der Waals surface area contributed by atoms with E-state index in [1.807, 2.05) is 31.2 Å². The highest BCUT2D eigenvalue weighted by Crippen LogP contribution is 2.15. The largest absolute Gasteiger partial charge is 0.322 e. The number of benzene rings is 3. The molecule has 0 fully saturated rings. The fourth-order valence-corrected chi connectivity index (χ4v) is 3.59. The zero-order valence-electron chi connectivity index (χ0n) is 15.1. The third-order valence-electron chi connectivity index (χ3n) is 4.24. The van der Waals surface area contributed by atoms with Gasteiger partial charge in [0, 0.05) is 17.8 Å². The normalized spacial score (nSPS) is 11.2. The van der Waals surface area contributed by atoms with Crippen molar-refractivity contribution in [1.82, 2.24) is 4.72 Å². The van der Waals surface area contributed by atoms with Gasteiger partial charge in [-0.15, -0.1) is 0 Å². The molecule has 28 heavy (non-hydrogen) atoms. The number of rotatable bonds is 6. The van der Waals surface area contributed by atoms with E-state index in [1.54, 1.807) is 0 Å². The predicted octanol–water partition coefficient (Wildman–Crippen LogP) is 3.86. The van der Waals surface area contributed by atoms with Gasteiger partial charge in [-0.2, -0.15) is 0 Å². The van der Waals surface area contributed by atoms with Crippen LogP contribution >= 0.6 is 0 Å². The molecule has 5 nitrogen and oxygen atoms in total. The maximum atomic E-state index is 12.9. The van der Waals surface area contributed by atoms with Crippen LogP contribution in [0.3, 0.4) is 0 Å². The van der Waals surface area contributed by atoms with Gasteiger partial charge >= 0.3 is 0 Å². The van der Waals surface area contributed by atoms with Gasteiger partial charge in [0.15, 0.2) is 0 Å². The van der Waals surface area contributed by atoms with Crippen molar-refractivity contribution < 1.29 is 17.6 Å². The first-order valence-corrected chi connectivity index (χ1v) is 10.0. The molecule has 3 aromatic rings. The van der Waals surface area contributed by atoms with Crippen LogP contribution in [0.15, 0.2) is 77.7 Å². The lowest BCUT2D eigenvalue weighted by molar-refractivity contribution is 0.102. The molecule has 3 rings (SSSR count). The first-order chi connectivity index (χ1) is 13.3. The molecule has 144 valence electrons. The van der Waals surface area contributed by atoms with Gasteiger partial charge in [0.25, 0.3) is 5.91 Å². The number of sulfonamides is 1. The zero-order valence-corrected chi connectivity index (χ0v) is 16.0. The molecule has 0 unspecified atom stereocenters. The van der Waals surface area contributed by atoms with E-state index in [0.29, 0.717) is 11.3 Å². The standard InChI is InChI=1S/C21H19FN2O3S/c1-15-4-2-3-5-17(15)14-23-28(26,27)20-12-6-16(7-13-20)21(25)24-19-10-8-18(22)9-11-19/h2-13,23H,14H2,1H3,(H,24,25). The number of carbonyl (C=O) groups is 1. The Kier molecular flexibility index (Phi) is 5.87. The first-order valence-electron chi connectivity index (χ1n) is 8.56. The van der Waals surface area contributed by atoms with Gasteiger partial charge in [-0.1, -0.05) is 24.3 Å². The molecule has 0 bridgehead atoms. The van der Waals surface area contributed by atoms with Crippen LogP contribution in [-0.2, 0) is 16.6 Å². The van der Waals surface area contributed by atoms with Crippen molar-refractivity contribution in [3.8, 4) is 0 Å². The van der Waals surface area contributed by atoms with Gasteiger partial charge in [0.1, 0.15) is 5.82 Å². The summed E-state index contributed by atoms with van der Waals surface area (Å²) in [5.74, 6) is -0.811. The summed E-state index contributed by atoms with van der Waals surface area (Å²) in [7, 11) is -3.70. The number of nitrogens with one attached hydrogen (secondary N) is 2. The number of hydrogen-bond donors (Lipinski definition) is 2. The maximum absolute atomic E-state index is 12.9. The Morgan fingerprint density at radius 2 is 1.57 bits per heavy atom. The SMILES string of the molecule is Cc1ccccc1CNS(=O)(=O)c1ccc(C(=O)Nc2ccc(F)cc2)cc1. The van der Waals surface area contributed by atoms with Crippen LogP contribution in [0.2, 0.25) is 0 Å². The Balaban J connectivity index is 1.67.